The first-order valence-corrected chi connectivity index (χ1v) is 5.29. The predicted octanol–water partition coefficient (Wildman–Crippen LogP) is -2.86. The SMILES string of the molecule is CC(=O)C(=O)[C@@](O)(C(C)=O)[C@](O)(C(C)=O)[C@H](O)CO. The number of hydrogen-bond acceptors (Lipinski definition) is 8. The highest BCUT2D eigenvalue weighted by Gasteiger charge is 2.65. The van der Waals surface area contributed by atoms with Crippen molar-refractivity contribution in [3.8, 4) is 0 Å². The molecule has 8 nitrogen and oxygen atoms in total. The molecular formula is C11H16O8. The first-order chi connectivity index (χ1) is 8.47. The molecule has 0 saturated carbocycles. The van der Waals surface area contributed by atoms with Crippen molar-refractivity contribution in [1.82, 2.24) is 0 Å². The molecule has 0 aromatic carbocycles. The van der Waals surface area contributed by atoms with Crippen molar-refractivity contribution in [2.45, 2.75) is 38.1 Å². The van der Waals surface area contributed by atoms with E-state index in [0.29, 0.717) is 13.8 Å². The number of ketones is 4. The number of aliphatic hydroxyl groups excluding tert-OH is 2. The summed E-state index contributed by atoms with van der Waals surface area (Å²) in [5, 5.41) is 38.4. The molecule has 0 aliphatic heterocycles. The lowest BCUT2D eigenvalue weighted by Gasteiger charge is -2.40. The minimum absolute atomic E-state index is 0.666. The number of hydrogen-bond donors (Lipinski definition) is 4. The Morgan fingerprint density at radius 1 is 1.00 bits per heavy atom. The fourth-order valence-corrected chi connectivity index (χ4v) is 1.72. The normalized spacial score (nSPS) is 18.9. The van der Waals surface area contributed by atoms with Crippen LogP contribution in [0.5, 0.6) is 0 Å². The highest BCUT2D eigenvalue weighted by molar-refractivity contribution is 6.45. The molecule has 19 heavy (non-hydrogen) atoms. The van der Waals surface area contributed by atoms with Gasteiger partial charge < -0.3 is 20.4 Å². The molecule has 108 valence electrons. The molecule has 8 heteroatoms. The van der Waals surface area contributed by atoms with E-state index in [0.717, 1.165) is 6.92 Å². The van der Waals surface area contributed by atoms with Crippen molar-refractivity contribution in [1.29, 1.82) is 0 Å². The summed E-state index contributed by atoms with van der Waals surface area (Å²) < 4.78 is 0. The molecule has 0 rings (SSSR count). The number of carbonyl (C=O) groups is 4. The zero-order chi connectivity index (χ0) is 15.6. The fourth-order valence-electron chi connectivity index (χ4n) is 1.72. The Morgan fingerprint density at radius 2 is 1.42 bits per heavy atom. The van der Waals surface area contributed by atoms with Gasteiger partial charge >= 0.3 is 0 Å². The Morgan fingerprint density at radius 3 is 1.63 bits per heavy atom. The molecule has 0 aromatic heterocycles. The highest BCUT2D eigenvalue weighted by atomic mass is 16.4. The van der Waals surface area contributed by atoms with Crippen LogP contribution in [0.25, 0.3) is 0 Å². The number of rotatable bonds is 7. The van der Waals surface area contributed by atoms with Gasteiger partial charge in [-0.3, -0.25) is 19.2 Å². The van der Waals surface area contributed by atoms with Gasteiger partial charge in [0.2, 0.25) is 11.4 Å². The summed E-state index contributed by atoms with van der Waals surface area (Å²) in [7, 11) is 0. The van der Waals surface area contributed by atoms with Crippen LogP contribution in [0.4, 0.5) is 0 Å². The molecule has 0 bridgehead atoms. The Hall–Kier alpha value is -1.48. The Bertz CT molecular complexity index is 428. The van der Waals surface area contributed by atoms with E-state index in [4.69, 9.17) is 5.11 Å². The summed E-state index contributed by atoms with van der Waals surface area (Å²) >= 11 is 0. The van der Waals surface area contributed by atoms with Gasteiger partial charge in [0.05, 0.1) is 6.61 Å². The van der Waals surface area contributed by atoms with Crippen molar-refractivity contribution in [2.24, 2.45) is 0 Å². The molecule has 0 aliphatic carbocycles. The first kappa shape index (κ1) is 17.5. The molecule has 0 heterocycles. The van der Waals surface area contributed by atoms with Gasteiger partial charge in [-0.1, -0.05) is 0 Å². The fraction of sp³-hybridized carbons (Fsp3) is 0.636. The second-order valence-corrected chi connectivity index (χ2v) is 4.17. The monoisotopic (exact) mass is 276 g/mol. The van der Waals surface area contributed by atoms with Crippen LogP contribution in [0, 0.1) is 0 Å². The zero-order valence-corrected chi connectivity index (χ0v) is 10.7. The van der Waals surface area contributed by atoms with Crippen LogP contribution in [-0.4, -0.2) is 67.5 Å². The van der Waals surface area contributed by atoms with Gasteiger partial charge in [-0.25, -0.2) is 0 Å². The summed E-state index contributed by atoms with van der Waals surface area (Å²) in [5.74, 6) is -5.79. The van der Waals surface area contributed by atoms with E-state index in [2.05, 4.69) is 0 Å². The van der Waals surface area contributed by atoms with Crippen LogP contribution in [0.15, 0.2) is 0 Å². The lowest BCUT2D eigenvalue weighted by atomic mass is 9.70. The van der Waals surface area contributed by atoms with E-state index >= 15 is 0 Å². The average molecular weight is 276 g/mol. The van der Waals surface area contributed by atoms with Gasteiger partial charge in [0.1, 0.15) is 6.10 Å². The molecule has 0 aromatic rings. The van der Waals surface area contributed by atoms with Crippen LogP contribution < -0.4 is 0 Å². The van der Waals surface area contributed by atoms with Crippen LogP contribution in [0.3, 0.4) is 0 Å². The summed E-state index contributed by atoms with van der Waals surface area (Å²) in [4.78, 5) is 45.6. The van der Waals surface area contributed by atoms with Crippen molar-refractivity contribution in [2.75, 3.05) is 6.61 Å². The van der Waals surface area contributed by atoms with Crippen molar-refractivity contribution in [3.63, 3.8) is 0 Å². The van der Waals surface area contributed by atoms with E-state index < -0.39 is 47.0 Å². The molecule has 4 N–H and O–H groups in total. The van der Waals surface area contributed by atoms with Crippen molar-refractivity contribution in [3.05, 3.63) is 0 Å². The third kappa shape index (κ3) is 2.47. The average Bonchev–Trinajstić information content (AvgIpc) is 2.33. The largest absolute Gasteiger partial charge is 0.394 e. The van der Waals surface area contributed by atoms with Crippen LogP contribution in [-0.2, 0) is 19.2 Å². The van der Waals surface area contributed by atoms with Gasteiger partial charge in [0.15, 0.2) is 23.0 Å². The Kier molecular flexibility index (Phi) is 5.22. The number of Topliss-reactive ketones (excluding diaryl/α,β-unsaturated/α-hetero) is 4. The van der Waals surface area contributed by atoms with Crippen LogP contribution in [0.2, 0.25) is 0 Å². The standard InChI is InChI=1S/C11H16O8/c1-5(13)9(17)11(19,7(3)15)10(18,6(2)14)8(16)4-12/h8,12,16,18-19H,4H2,1-3H3/t8-,10+,11+/m1/s1. The summed E-state index contributed by atoms with van der Waals surface area (Å²) in [5.41, 5.74) is -6.76. The van der Waals surface area contributed by atoms with Gasteiger partial charge in [-0.2, -0.15) is 0 Å². The maximum atomic E-state index is 11.7. The van der Waals surface area contributed by atoms with E-state index in [9.17, 15) is 34.5 Å². The minimum atomic E-state index is -3.45. The van der Waals surface area contributed by atoms with Gasteiger partial charge in [-0.05, 0) is 13.8 Å². The first-order valence-electron chi connectivity index (χ1n) is 5.29. The van der Waals surface area contributed by atoms with E-state index in [1.807, 2.05) is 0 Å². The second-order valence-electron chi connectivity index (χ2n) is 4.17. The van der Waals surface area contributed by atoms with Crippen LogP contribution >= 0.6 is 0 Å². The maximum Gasteiger partial charge on any atom is 0.240 e. The van der Waals surface area contributed by atoms with E-state index in [1.165, 1.54) is 0 Å². The Balaban J connectivity index is 6.25. The number of carbonyl (C=O) groups excluding carboxylic acids is 4. The molecule has 3 atom stereocenters. The third-order valence-corrected chi connectivity index (χ3v) is 2.90. The molecular weight excluding hydrogens is 260 g/mol. The quantitative estimate of drug-likeness (QED) is 0.286. The highest BCUT2D eigenvalue weighted by Crippen LogP contribution is 2.30. The van der Waals surface area contributed by atoms with E-state index in [1.54, 1.807) is 0 Å². The van der Waals surface area contributed by atoms with Gasteiger partial charge in [0.25, 0.3) is 0 Å². The molecule has 0 aliphatic rings. The molecule has 0 unspecified atom stereocenters. The maximum absolute atomic E-state index is 11.7. The molecule has 0 amide bonds. The van der Waals surface area contributed by atoms with Crippen molar-refractivity contribution < 1.29 is 39.6 Å². The summed E-state index contributed by atoms with van der Waals surface area (Å²) in [6.07, 6.45) is -2.32. The third-order valence-electron chi connectivity index (χ3n) is 2.90. The van der Waals surface area contributed by atoms with Gasteiger partial charge in [-0.15, -0.1) is 0 Å². The molecule has 0 fully saturated rings. The van der Waals surface area contributed by atoms with Crippen LogP contribution in [0.1, 0.15) is 20.8 Å². The zero-order valence-electron chi connectivity index (χ0n) is 10.7. The topological polar surface area (TPSA) is 149 Å². The van der Waals surface area contributed by atoms with E-state index in [-0.39, 0.29) is 0 Å². The molecule has 0 radical (unpaired) electrons. The summed E-state index contributed by atoms with van der Waals surface area (Å²) in [6, 6.07) is 0. The Labute approximate surface area is 108 Å². The minimum Gasteiger partial charge on any atom is -0.394 e. The summed E-state index contributed by atoms with van der Waals surface area (Å²) in [6.45, 7) is 0.873. The predicted molar refractivity (Wildman–Crippen MR) is 60.0 cm³/mol. The lowest BCUT2D eigenvalue weighted by molar-refractivity contribution is -0.207. The smallest absolute Gasteiger partial charge is 0.240 e. The lowest BCUT2D eigenvalue weighted by Crippen LogP contribution is -2.73. The van der Waals surface area contributed by atoms with Gasteiger partial charge in [0, 0.05) is 6.92 Å². The van der Waals surface area contributed by atoms with Crippen molar-refractivity contribution >= 4 is 23.1 Å². The molecule has 0 spiro atoms. The number of aliphatic hydroxyl groups is 4. The second kappa shape index (κ2) is 5.66. The molecule has 0 saturated heterocycles.